The summed E-state index contributed by atoms with van der Waals surface area (Å²) in [4.78, 5) is 0. The Balaban J connectivity index is 1.74. The van der Waals surface area contributed by atoms with Crippen molar-refractivity contribution in [2.24, 2.45) is 0 Å². The van der Waals surface area contributed by atoms with Crippen LogP contribution in [-0.2, 0) is 12.8 Å². The number of aryl methyl sites for hydroxylation is 2. The molecular weight excluding hydrogens is 488 g/mol. The monoisotopic (exact) mass is 524 g/mol. The van der Waals surface area contributed by atoms with Crippen molar-refractivity contribution in [3.8, 4) is 33.4 Å². The molecule has 4 aromatic carbocycles. The highest BCUT2D eigenvalue weighted by atomic mass is 79.9. The molecular formula is C34H37Br. The van der Waals surface area contributed by atoms with Crippen molar-refractivity contribution in [3.05, 3.63) is 107 Å². The van der Waals surface area contributed by atoms with E-state index in [-0.39, 0.29) is 0 Å². The summed E-state index contributed by atoms with van der Waals surface area (Å²) < 4.78 is 1.23. The first kappa shape index (κ1) is 25.5. The molecule has 0 saturated heterocycles. The van der Waals surface area contributed by atoms with Crippen LogP contribution in [0, 0.1) is 0 Å². The number of unbranched alkanes of at least 4 members (excludes halogenated alkanes) is 4. The van der Waals surface area contributed by atoms with Crippen LogP contribution in [-0.4, -0.2) is 0 Å². The Morgan fingerprint density at radius 3 is 1.91 bits per heavy atom. The molecule has 0 spiro atoms. The van der Waals surface area contributed by atoms with Gasteiger partial charge in [-0.3, -0.25) is 0 Å². The van der Waals surface area contributed by atoms with Crippen LogP contribution in [0.1, 0.15) is 63.5 Å². The van der Waals surface area contributed by atoms with Gasteiger partial charge in [0.2, 0.25) is 0 Å². The summed E-state index contributed by atoms with van der Waals surface area (Å²) in [5, 5.41) is 0. The van der Waals surface area contributed by atoms with Crippen LogP contribution in [0.5, 0.6) is 0 Å². The number of hydrogen-bond donors (Lipinski definition) is 0. The molecule has 0 aliphatic carbocycles. The zero-order valence-electron chi connectivity index (χ0n) is 21.2. The molecule has 180 valence electrons. The molecule has 0 unspecified atom stereocenters. The third-order valence-corrected chi connectivity index (χ3v) is 7.82. The molecule has 0 radical (unpaired) electrons. The van der Waals surface area contributed by atoms with E-state index in [9.17, 15) is 0 Å². The lowest BCUT2D eigenvalue weighted by atomic mass is 9.90. The lowest BCUT2D eigenvalue weighted by Crippen LogP contribution is -1.93. The van der Waals surface area contributed by atoms with Crippen LogP contribution >= 0.6 is 15.9 Å². The van der Waals surface area contributed by atoms with Gasteiger partial charge in [0.1, 0.15) is 0 Å². The summed E-state index contributed by atoms with van der Waals surface area (Å²) in [7, 11) is 0. The Bertz CT molecular complexity index is 1210. The van der Waals surface area contributed by atoms with Gasteiger partial charge in [0.15, 0.2) is 0 Å². The summed E-state index contributed by atoms with van der Waals surface area (Å²) in [6.07, 6.45) is 9.88. The molecule has 0 nitrogen and oxygen atoms in total. The van der Waals surface area contributed by atoms with Gasteiger partial charge in [-0.15, -0.1) is 0 Å². The number of rotatable bonds is 11. The summed E-state index contributed by atoms with van der Waals surface area (Å²) >= 11 is 4.00. The summed E-state index contributed by atoms with van der Waals surface area (Å²) in [6, 6.07) is 33.6. The second-order valence-electron chi connectivity index (χ2n) is 9.52. The molecule has 35 heavy (non-hydrogen) atoms. The highest BCUT2D eigenvalue weighted by Gasteiger charge is 2.14. The average Bonchev–Trinajstić information content (AvgIpc) is 2.90. The molecule has 0 aromatic heterocycles. The fourth-order valence-electron chi connectivity index (χ4n) is 4.81. The predicted octanol–water partition coefficient (Wildman–Crippen LogP) is 10.9. The van der Waals surface area contributed by atoms with Crippen molar-refractivity contribution in [1.82, 2.24) is 0 Å². The van der Waals surface area contributed by atoms with E-state index >= 15 is 0 Å². The molecule has 0 atom stereocenters. The normalized spacial score (nSPS) is 11.1. The molecule has 0 amide bonds. The Morgan fingerprint density at radius 2 is 1.20 bits per heavy atom. The minimum Gasteiger partial charge on any atom is -0.0654 e. The maximum Gasteiger partial charge on any atom is 0.0285 e. The first-order valence-corrected chi connectivity index (χ1v) is 14.1. The molecule has 4 rings (SSSR count). The van der Waals surface area contributed by atoms with E-state index < -0.39 is 0 Å². The average molecular weight is 526 g/mol. The van der Waals surface area contributed by atoms with E-state index in [1.807, 2.05) is 0 Å². The molecule has 0 heterocycles. The zero-order chi connectivity index (χ0) is 24.5. The molecule has 0 aliphatic heterocycles. The Labute approximate surface area is 220 Å². The van der Waals surface area contributed by atoms with E-state index in [0.29, 0.717) is 0 Å². The minimum atomic E-state index is 1.11. The van der Waals surface area contributed by atoms with E-state index in [1.54, 1.807) is 0 Å². The molecule has 0 aliphatic rings. The largest absolute Gasteiger partial charge is 0.0654 e. The third kappa shape index (κ3) is 6.53. The van der Waals surface area contributed by atoms with E-state index in [4.69, 9.17) is 0 Å². The molecule has 0 N–H and O–H groups in total. The number of halogens is 1. The highest BCUT2D eigenvalue weighted by molar-refractivity contribution is 9.10. The van der Waals surface area contributed by atoms with Gasteiger partial charge < -0.3 is 0 Å². The highest BCUT2D eigenvalue weighted by Crippen LogP contribution is 2.40. The molecule has 4 aromatic rings. The van der Waals surface area contributed by atoms with Gasteiger partial charge in [-0.25, -0.2) is 0 Å². The lowest BCUT2D eigenvalue weighted by molar-refractivity contribution is 0.716. The van der Waals surface area contributed by atoms with Crippen molar-refractivity contribution in [2.75, 3.05) is 0 Å². The van der Waals surface area contributed by atoms with Gasteiger partial charge in [0.25, 0.3) is 0 Å². The van der Waals surface area contributed by atoms with Gasteiger partial charge in [0, 0.05) is 4.47 Å². The Hall–Kier alpha value is -2.64. The summed E-state index contributed by atoms with van der Waals surface area (Å²) in [5.41, 5.74) is 10.5. The predicted molar refractivity (Wildman–Crippen MR) is 157 cm³/mol. The van der Waals surface area contributed by atoms with E-state index in [2.05, 4.69) is 121 Å². The molecule has 0 bridgehead atoms. The van der Waals surface area contributed by atoms with Crippen LogP contribution in [0.4, 0.5) is 0 Å². The third-order valence-electron chi connectivity index (χ3n) is 6.88. The van der Waals surface area contributed by atoms with Crippen LogP contribution in [0.2, 0.25) is 0 Å². The zero-order valence-corrected chi connectivity index (χ0v) is 22.8. The van der Waals surface area contributed by atoms with Gasteiger partial charge in [-0.1, -0.05) is 124 Å². The van der Waals surface area contributed by atoms with Crippen molar-refractivity contribution in [1.29, 1.82) is 0 Å². The topological polar surface area (TPSA) is 0 Å². The van der Waals surface area contributed by atoms with Crippen LogP contribution in [0.3, 0.4) is 0 Å². The molecule has 0 saturated carbocycles. The van der Waals surface area contributed by atoms with Gasteiger partial charge >= 0.3 is 0 Å². The van der Waals surface area contributed by atoms with Gasteiger partial charge in [-0.05, 0) is 92.2 Å². The van der Waals surface area contributed by atoms with Crippen molar-refractivity contribution in [3.63, 3.8) is 0 Å². The number of hydrogen-bond acceptors (Lipinski definition) is 0. The summed E-state index contributed by atoms with van der Waals surface area (Å²) in [5.74, 6) is 0. The fourth-order valence-corrected chi connectivity index (χ4v) is 5.48. The quantitative estimate of drug-likeness (QED) is 0.171. The second kappa shape index (κ2) is 12.9. The maximum atomic E-state index is 4.00. The fraction of sp³-hybridized carbons (Fsp3) is 0.294. The Morgan fingerprint density at radius 1 is 0.514 bits per heavy atom. The lowest BCUT2D eigenvalue weighted by Gasteiger charge is -2.16. The SMILES string of the molecule is CCCCCc1ccc(-c2ccc(-c3ccccc3)c(-c3cccc(CCCCC)c3Br)c2)cc1. The first-order chi connectivity index (χ1) is 17.2. The smallest absolute Gasteiger partial charge is 0.0285 e. The van der Waals surface area contributed by atoms with Crippen LogP contribution in [0.25, 0.3) is 33.4 Å². The second-order valence-corrected chi connectivity index (χ2v) is 10.3. The summed E-state index contributed by atoms with van der Waals surface area (Å²) in [6.45, 7) is 4.53. The van der Waals surface area contributed by atoms with Crippen LogP contribution < -0.4 is 0 Å². The molecule has 0 fully saturated rings. The first-order valence-electron chi connectivity index (χ1n) is 13.3. The number of benzene rings is 4. The Kier molecular flexibility index (Phi) is 9.37. The van der Waals surface area contributed by atoms with Crippen LogP contribution in [0.15, 0.2) is 95.5 Å². The van der Waals surface area contributed by atoms with E-state index in [0.717, 1.165) is 6.42 Å². The van der Waals surface area contributed by atoms with Crippen molar-refractivity contribution < 1.29 is 0 Å². The minimum absolute atomic E-state index is 1.11. The van der Waals surface area contributed by atoms with E-state index in [1.165, 1.54) is 93.9 Å². The van der Waals surface area contributed by atoms with Gasteiger partial charge in [-0.2, -0.15) is 0 Å². The van der Waals surface area contributed by atoms with Crippen molar-refractivity contribution >= 4 is 15.9 Å². The standard InChI is InChI=1S/C34H37Br/c1-3-5-8-13-26-19-21-27(22-20-26)30-23-24-31(28-14-10-7-11-15-28)33(25-30)32-18-12-17-29(34(32)35)16-9-6-4-2/h7,10-12,14-15,17-25H,3-6,8-9,13,16H2,1-2H3. The van der Waals surface area contributed by atoms with Gasteiger partial charge in [0.05, 0.1) is 0 Å². The molecule has 1 heteroatoms. The van der Waals surface area contributed by atoms with Crippen molar-refractivity contribution in [2.45, 2.75) is 65.2 Å². The maximum absolute atomic E-state index is 4.00.